The van der Waals surface area contributed by atoms with Crippen molar-refractivity contribution in [2.75, 3.05) is 5.75 Å². The molecule has 3 nitrogen and oxygen atoms in total. The van der Waals surface area contributed by atoms with E-state index in [4.69, 9.17) is 0 Å². The molecule has 0 radical (unpaired) electrons. The average Bonchev–Trinajstić information content (AvgIpc) is 2.28. The minimum Gasteiger partial charge on any atom is -0.293 e. The molecule has 0 saturated heterocycles. The molecular formula is C12H15FO3S. The lowest BCUT2D eigenvalue weighted by atomic mass is 10.1. The van der Waals surface area contributed by atoms with Crippen LogP contribution in [-0.4, -0.2) is 25.2 Å². The maximum absolute atomic E-state index is 12.7. The van der Waals surface area contributed by atoms with E-state index in [-0.39, 0.29) is 11.3 Å². The molecule has 1 aromatic carbocycles. The molecule has 94 valence electrons. The number of carbonyl (C=O) groups excluding carboxylic acids is 1. The van der Waals surface area contributed by atoms with Crippen molar-refractivity contribution in [3.63, 3.8) is 0 Å². The maximum Gasteiger partial charge on any atom is 0.180 e. The first-order chi connectivity index (χ1) is 7.88. The van der Waals surface area contributed by atoms with E-state index < -0.39 is 26.7 Å². The highest BCUT2D eigenvalue weighted by molar-refractivity contribution is 7.92. The second-order valence-corrected chi connectivity index (χ2v) is 6.32. The Balaban J connectivity index is 2.94. The van der Waals surface area contributed by atoms with Crippen molar-refractivity contribution in [1.82, 2.24) is 0 Å². The van der Waals surface area contributed by atoms with Crippen molar-refractivity contribution in [3.8, 4) is 0 Å². The summed E-state index contributed by atoms with van der Waals surface area (Å²) >= 11 is 0. The highest BCUT2D eigenvalue weighted by Gasteiger charge is 2.27. The van der Waals surface area contributed by atoms with Gasteiger partial charge in [-0.3, -0.25) is 4.79 Å². The Labute approximate surface area is 101 Å². The van der Waals surface area contributed by atoms with Crippen LogP contribution in [0.15, 0.2) is 24.3 Å². The summed E-state index contributed by atoms with van der Waals surface area (Å²) in [5, 5.41) is -1.08. The van der Waals surface area contributed by atoms with Gasteiger partial charge in [0.05, 0.1) is 5.75 Å². The smallest absolute Gasteiger partial charge is 0.180 e. The van der Waals surface area contributed by atoms with E-state index in [1.807, 2.05) is 0 Å². The third-order valence-corrected chi connectivity index (χ3v) is 4.79. The Morgan fingerprint density at radius 2 is 1.82 bits per heavy atom. The molecule has 0 amide bonds. The number of Topliss-reactive ketones (excluding diaryl/α,β-unsaturated/α-hetero) is 1. The average molecular weight is 258 g/mol. The molecule has 1 rings (SSSR count). The second-order valence-electron chi connectivity index (χ2n) is 3.88. The molecule has 17 heavy (non-hydrogen) atoms. The van der Waals surface area contributed by atoms with E-state index >= 15 is 0 Å². The van der Waals surface area contributed by atoms with E-state index in [1.165, 1.54) is 19.1 Å². The Kier molecular flexibility index (Phi) is 4.40. The van der Waals surface area contributed by atoms with Gasteiger partial charge in [-0.2, -0.15) is 0 Å². The number of carbonyl (C=O) groups is 1. The van der Waals surface area contributed by atoms with Gasteiger partial charge < -0.3 is 0 Å². The van der Waals surface area contributed by atoms with Gasteiger partial charge in [0.2, 0.25) is 0 Å². The van der Waals surface area contributed by atoms with Crippen LogP contribution in [0.25, 0.3) is 0 Å². The van der Waals surface area contributed by atoms with Crippen LogP contribution in [0.5, 0.6) is 0 Å². The summed E-state index contributed by atoms with van der Waals surface area (Å²) in [4.78, 5) is 11.9. The van der Waals surface area contributed by atoms with Gasteiger partial charge in [0.25, 0.3) is 0 Å². The van der Waals surface area contributed by atoms with Gasteiger partial charge in [0.15, 0.2) is 15.6 Å². The molecule has 0 N–H and O–H groups in total. The molecule has 0 aliphatic rings. The van der Waals surface area contributed by atoms with Gasteiger partial charge in [-0.05, 0) is 37.6 Å². The van der Waals surface area contributed by atoms with Crippen molar-refractivity contribution in [2.45, 2.75) is 25.5 Å². The number of hydrogen-bond donors (Lipinski definition) is 0. The zero-order chi connectivity index (χ0) is 13.1. The lowest BCUT2D eigenvalue weighted by Gasteiger charge is -2.11. The summed E-state index contributed by atoms with van der Waals surface area (Å²) in [5.74, 6) is -0.953. The SMILES string of the molecule is CCCS(=O)(=O)C(C)C(=O)c1ccc(F)cc1. The highest BCUT2D eigenvalue weighted by Crippen LogP contribution is 2.12. The summed E-state index contributed by atoms with van der Waals surface area (Å²) in [6.45, 7) is 3.11. The minimum absolute atomic E-state index is 0.0128. The second kappa shape index (κ2) is 5.40. The van der Waals surface area contributed by atoms with Crippen molar-refractivity contribution < 1.29 is 17.6 Å². The molecule has 5 heteroatoms. The van der Waals surface area contributed by atoms with E-state index in [9.17, 15) is 17.6 Å². The van der Waals surface area contributed by atoms with Crippen LogP contribution < -0.4 is 0 Å². The van der Waals surface area contributed by atoms with Gasteiger partial charge in [-0.25, -0.2) is 12.8 Å². The highest BCUT2D eigenvalue weighted by atomic mass is 32.2. The molecule has 0 heterocycles. The van der Waals surface area contributed by atoms with E-state index in [0.717, 1.165) is 12.1 Å². The molecular weight excluding hydrogens is 243 g/mol. The van der Waals surface area contributed by atoms with Crippen LogP contribution in [-0.2, 0) is 9.84 Å². The maximum atomic E-state index is 12.7. The van der Waals surface area contributed by atoms with Gasteiger partial charge >= 0.3 is 0 Å². The van der Waals surface area contributed by atoms with E-state index in [0.29, 0.717) is 6.42 Å². The van der Waals surface area contributed by atoms with Crippen molar-refractivity contribution >= 4 is 15.6 Å². The van der Waals surface area contributed by atoms with Crippen LogP contribution in [0.2, 0.25) is 0 Å². The predicted molar refractivity (Wildman–Crippen MR) is 64.3 cm³/mol. The van der Waals surface area contributed by atoms with Gasteiger partial charge in [0, 0.05) is 5.56 Å². The number of sulfone groups is 1. The van der Waals surface area contributed by atoms with Crippen LogP contribution in [0.3, 0.4) is 0 Å². The Bertz CT molecular complexity index is 491. The number of rotatable bonds is 5. The number of hydrogen-bond acceptors (Lipinski definition) is 3. The number of benzene rings is 1. The molecule has 0 spiro atoms. The summed E-state index contributed by atoms with van der Waals surface area (Å²) in [5.41, 5.74) is 0.221. The monoisotopic (exact) mass is 258 g/mol. The third kappa shape index (κ3) is 3.36. The minimum atomic E-state index is -3.41. The fourth-order valence-electron chi connectivity index (χ4n) is 1.47. The van der Waals surface area contributed by atoms with Crippen molar-refractivity contribution in [3.05, 3.63) is 35.6 Å². The van der Waals surface area contributed by atoms with Gasteiger partial charge in [0.1, 0.15) is 11.1 Å². The molecule has 0 aliphatic heterocycles. The molecule has 1 atom stereocenters. The summed E-state index contributed by atoms with van der Waals surface area (Å²) < 4.78 is 36.1. The lowest BCUT2D eigenvalue weighted by Crippen LogP contribution is -2.29. The Morgan fingerprint density at radius 1 is 1.29 bits per heavy atom. The van der Waals surface area contributed by atoms with Gasteiger partial charge in [-0.15, -0.1) is 0 Å². The molecule has 0 fully saturated rings. The topological polar surface area (TPSA) is 51.2 Å². The number of ketones is 1. The normalized spacial score (nSPS) is 13.4. The van der Waals surface area contributed by atoms with Gasteiger partial charge in [-0.1, -0.05) is 6.92 Å². The third-order valence-electron chi connectivity index (χ3n) is 2.53. The largest absolute Gasteiger partial charge is 0.293 e. The summed E-state index contributed by atoms with van der Waals surface area (Å²) in [6, 6.07) is 4.89. The van der Waals surface area contributed by atoms with Crippen molar-refractivity contribution in [1.29, 1.82) is 0 Å². The molecule has 0 saturated carbocycles. The Morgan fingerprint density at radius 3 is 2.29 bits per heavy atom. The fourth-order valence-corrected chi connectivity index (χ4v) is 2.86. The summed E-state index contributed by atoms with van der Waals surface area (Å²) in [7, 11) is -3.41. The standard InChI is InChI=1S/C12H15FO3S/c1-3-8-17(15,16)9(2)12(14)10-4-6-11(13)7-5-10/h4-7,9H,3,8H2,1-2H3. The molecule has 0 bridgehead atoms. The van der Waals surface area contributed by atoms with E-state index in [2.05, 4.69) is 0 Å². The fraction of sp³-hybridized carbons (Fsp3) is 0.417. The predicted octanol–water partition coefficient (Wildman–Crippen LogP) is 2.22. The molecule has 1 aromatic rings. The molecule has 0 aliphatic carbocycles. The van der Waals surface area contributed by atoms with Crippen LogP contribution in [0.1, 0.15) is 30.6 Å². The van der Waals surface area contributed by atoms with Crippen LogP contribution in [0.4, 0.5) is 4.39 Å². The van der Waals surface area contributed by atoms with Crippen LogP contribution in [0, 0.1) is 5.82 Å². The van der Waals surface area contributed by atoms with Crippen molar-refractivity contribution in [2.24, 2.45) is 0 Å². The lowest BCUT2D eigenvalue weighted by molar-refractivity contribution is 0.0991. The zero-order valence-corrected chi connectivity index (χ0v) is 10.6. The zero-order valence-electron chi connectivity index (χ0n) is 9.81. The Hall–Kier alpha value is -1.23. The first-order valence-electron chi connectivity index (χ1n) is 5.40. The van der Waals surface area contributed by atoms with E-state index in [1.54, 1.807) is 6.92 Å². The first-order valence-corrected chi connectivity index (χ1v) is 7.11. The first kappa shape index (κ1) is 13.8. The molecule has 1 unspecified atom stereocenters. The van der Waals surface area contributed by atoms with Crippen LogP contribution >= 0.6 is 0 Å². The summed E-state index contributed by atoms with van der Waals surface area (Å²) in [6.07, 6.45) is 0.476. The number of halogens is 1. The quantitative estimate of drug-likeness (QED) is 0.761. The molecule has 0 aromatic heterocycles.